The second-order valence-corrected chi connectivity index (χ2v) is 8.05. The average Bonchev–Trinajstić information content (AvgIpc) is 3.38. The molecule has 0 aliphatic carbocycles. The molecule has 3 heterocycles. The van der Waals surface area contributed by atoms with Gasteiger partial charge in [-0.3, -0.25) is 9.59 Å². The minimum Gasteiger partial charge on any atom is -0.383 e. The van der Waals surface area contributed by atoms with Crippen molar-refractivity contribution in [2.45, 2.75) is 12.3 Å². The highest BCUT2D eigenvalue weighted by Gasteiger charge is 2.33. The number of ether oxygens (including phenoxy) is 1. The van der Waals surface area contributed by atoms with Gasteiger partial charge in [-0.1, -0.05) is 24.3 Å². The normalized spacial score (nSPS) is 16.3. The zero-order valence-corrected chi connectivity index (χ0v) is 17.1. The van der Waals surface area contributed by atoms with Crippen molar-refractivity contribution in [1.29, 1.82) is 0 Å². The number of nitrogens with one attached hydrogen (secondary N) is 1. The van der Waals surface area contributed by atoms with Crippen molar-refractivity contribution in [3.05, 3.63) is 64.7 Å². The van der Waals surface area contributed by atoms with Crippen molar-refractivity contribution in [3.8, 4) is 0 Å². The Morgan fingerprint density at radius 3 is 2.86 bits per heavy atom. The molecule has 2 amide bonds. The fraction of sp³-hybridized carbons (Fsp3) is 0.318. The van der Waals surface area contributed by atoms with Crippen LogP contribution in [0.25, 0.3) is 10.2 Å². The van der Waals surface area contributed by atoms with Crippen LogP contribution < -0.4 is 5.32 Å². The number of rotatable bonds is 6. The molecule has 0 bridgehead atoms. The molecule has 0 spiro atoms. The predicted molar refractivity (Wildman–Crippen MR) is 114 cm³/mol. The lowest BCUT2D eigenvalue weighted by Crippen LogP contribution is -2.29. The summed E-state index contributed by atoms with van der Waals surface area (Å²) in [5.41, 5.74) is 1.71. The molecule has 0 radical (unpaired) electrons. The number of hydrogen-bond donors (Lipinski definition) is 1. The lowest BCUT2D eigenvalue weighted by Gasteiger charge is -2.17. The largest absolute Gasteiger partial charge is 0.383 e. The smallest absolute Gasteiger partial charge is 0.261 e. The maximum atomic E-state index is 12.8. The van der Waals surface area contributed by atoms with Crippen LogP contribution in [0.15, 0.2) is 48.7 Å². The molecule has 2 aromatic heterocycles. The van der Waals surface area contributed by atoms with Crippen LogP contribution in [-0.4, -0.2) is 55.0 Å². The summed E-state index contributed by atoms with van der Waals surface area (Å²) >= 11 is 1.42. The van der Waals surface area contributed by atoms with Gasteiger partial charge < -0.3 is 15.0 Å². The summed E-state index contributed by atoms with van der Waals surface area (Å²) in [6, 6.07) is 13.3. The van der Waals surface area contributed by atoms with Crippen LogP contribution in [0.3, 0.4) is 0 Å². The number of nitrogens with zero attached hydrogens (tertiary/aromatic N) is 2. The molecule has 1 aliphatic heterocycles. The van der Waals surface area contributed by atoms with E-state index in [4.69, 9.17) is 4.74 Å². The molecule has 7 heteroatoms. The van der Waals surface area contributed by atoms with Gasteiger partial charge >= 0.3 is 0 Å². The lowest BCUT2D eigenvalue weighted by molar-refractivity contribution is 0.0790. The van der Waals surface area contributed by atoms with Crippen LogP contribution in [0.5, 0.6) is 0 Å². The topological polar surface area (TPSA) is 71.5 Å². The second kappa shape index (κ2) is 8.71. The van der Waals surface area contributed by atoms with E-state index in [1.165, 1.54) is 11.3 Å². The van der Waals surface area contributed by atoms with Gasteiger partial charge in [-0.25, -0.2) is 4.98 Å². The van der Waals surface area contributed by atoms with Crippen LogP contribution in [0.1, 0.15) is 37.9 Å². The molecule has 29 heavy (non-hydrogen) atoms. The van der Waals surface area contributed by atoms with Gasteiger partial charge in [0.05, 0.1) is 11.5 Å². The van der Waals surface area contributed by atoms with Gasteiger partial charge in [-0.05, 0) is 30.2 Å². The lowest BCUT2D eigenvalue weighted by atomic mass is 9.95. The molecule has 1 N–H and O–H groups in total. The second-order valence-electron chi connectivity index (χ2n) is 7.05. The summed E-state index contributed by atoms with van der Waals surface area (Å²) < 4.78 is 5.03. The highest BCUT2D eigenvalue weighted by atomic mass is 32.1. The number of methoxy groups -OCH3 is 1. The highest BCUT2D eigenvalue weighted by Crippen LogP contribution is 2.39. The summed E-state index contributed by atoms with van der Waals surface area (Å²) in [5, 5.41) is 3.93. The minimum atomic E-state index is -0.104. The SMILES string of the molecule is COCCNC(=O)c1sc2ncccc2c1[C@H]1CCN(C(=O)c2ccccc2)C1. The summed E-state index contributed by atoms with van der Waals surface area (Å²) in [6.45, 7) is 2.21. The van der Waals surface area contributed by atoms with E-state index in [9.17, 15) is 9.59 Å². The number of hydrogen-bond acceptors (Lipinski definition) is 5. The Hall–Kier alpha value is -2.77. The van der Waals surface area contributed by atoms with E-state index in [0.717, 1.165) is 22.2 Å². The molecule has 0 saturated carbocycles. The fourth-order valence-electron chi connectivity index (χ4n) is 3.82. The van der Waals surface area contributed by atoms with E-state index in [-0.39, 0.29) is 17.7 Å². The van der Waals surface area contributed by atoms with Crippen LogP contribution >= 0.6 is 11.3 Å². The van der Waals surface area contributed by atoms with Crippen molar-refractivity contribution in [2.75, 3.05) is 33.4 Å². The predicted octanol–water partition coefficient (Wildman–Crippen LogP) is 3.30. The monoisotopic (exact) mass is 409 g/mol. The zero-order valence-electron chi connectivity index (χ0n) is 16.3. The molecule has 150 valence electrons. The molecule has 1 fully saturated rings. The molecule has 0 unspecified atom stereocenters. The van der Waals surface area contributed by atoms with Gasteiger partial charge in [-0.15, -0.1) is 11.3 Å². The molecule has 1 aromatic carbocycles. The first-order valence-corrected chi connectivity index (χ1v) is 10.5. The van der Waals surface area contributed by atoms with E-state index in [2.05, 4.69) is 10.3 Å². The standard InChI is InChI=1S/C22H23N3O3S/c1-28-13-11-23-20(26)19-18(17-8-5-10-24-21(17)29-19)16-9-12-25(14-16)22(27)15-6-3-2-4-7-15/h2-8,10,16H,9,11-14H2,1H3,(H,23,26)/t16-/m0/s1. The Balaban J connectivity index is 1.61. The fourth-order valence-corrected chi connectivity index (χ4v) is 4.96. The third kappa shape index (κ3) is 4.02. The Kier molecular flexibility index (Phi) is 5.87. The van der Waals surface area contributed by atoms with E-state index < -0.39 is 0 Å². The number of amides is 2. The van der Waals surface area contributed by atoms with Crippen LogP contribution in [0.4, 0.5) is 0 Å². The summed E-state index contributed by atoms with van der Waals surface area (Å²) in [5.74, 6) is 0.0496. The number of benzene rings is 1. The van der Waals surface area contributed by atoms with E-state index in [1.807, 2.05) is 47.4 Å². The van der Waals surface area contributed by atoms with Gasteiger partial charge in [0.25, 0.3) is 11.8 Å². The van der Waals surface area contributed by atoms with E-state index in [0.29, 0.717) is 36.7 Å². The van der Waals surface area contributed by atoms with Crippen molar-refractivity contribution in [3.63, 3.8) is 0 Å². The van der Waals surface area contributed by atoms with Gasteiger partial charge in [0, 0.05) is 49.8 Å². The highest BCUT2D eigenvalue weighted by molar-refractivity contribution is 7.20. The molecule has 6 nitrogen and oxygen atoms in total. The van der Waals surface area contributed by atoms with Gasteiger partial charge in [0.2, 0.25) is 0 Å². The average molecular weight is 410 g/mol. The van der Waals surface area contributed by atoms with Gasteiger partial charge in [0.1, 0.15) is 4.83 Å². The van der Waals surface area contributed by atoms with E-state index >= 15 is 0 Å². The Morgan fingerprint density at radius 2 is 2.07 bits per heavy atom. The van der Waals surface area contributed by atoms with Crippen molar-refractivity contribution < 1.29 is 14.3 Å². The number of fused-ring (bicyclic) bond motifs is 1. The molecule has 1 atom stereocenters. The number of pyridine rings is 1. The van der Waals surface area contributed by atoms with Gasteiger partial charge in [-0.2, -0.15) is 0 Å². The molecular formula is C22H23N3O3S. The maximum absolute atomic E-state index is 12.8. The molecular weight excluding hydrogens is 386 g/mol. The number of likely N-dealkylation sites (tertiary alicyclic amines) is 1. The van der Waals surface area contributed by atoms with Crippen molar-refractivity contribution >= 4 is 33.4 Å². The number of carbonyl (C=O) groups is 2. The Labute approximate surface area is 173 Å². The van der Waals surface area contributed by atoms with Crippen LogP contribution in [0, 0.1) is 0 Å². The molecule has 3 aromatic rings. The number of carbonyl (C=O) groups excluding carboxylic acids is 2. The minimum absolute atomic E-state index is 0.0388. The Morgan fingerprint density at radius 1 is 1.24 bits per heavy atom. The quantitative estimate of drug-likeness (QED) is 0.634. The first kappa shape index (κ1) is 19.5. The molecule has 1 aliphatic rings. The Bertz CT molecular complexity index is 1020. The van der Waals surface area contributed by atoms with Crippen LogP contribution in [0.2, 0.25) is 0 Å². The summed E-state index contributed by atoms with van der Waals surface area (Å²) in [7, 11) is 1.61. The number of thiophene rings is 1. The summed E-state index contributed by atoms with van der Waals surface area (Å²) in [4.78, 5) is 33.6. The van der Waals surface area contributed by atoms with Crippen molar-refractivity contribution in [1.82, 2.24) is 15.2 Å². The van der Waals surface area contributed by atoms with Gasteiger partial charge in [0.15, 0.2) is 0 Å². The maximum Gasteiger partial charge on any atom is 0.261 e. The first-order valence-electron chi connectivity index (χ1n) is 9.68. The van der Waals surface area contributed by atoms with Crippen molar-refractivity contribution in [2.24, 2.45) is 0 Å². The zero-order chi connectivity index (χ0) is 20.2. The molecule has 1 saturated heterocycles. The number of aromatic nitrogens is 1. The third-order valence-corrected chi connectivity index (χ3v) is 6.34. The van der Waals surface area contributed by atoms with E-state index in [1.54, 1.807) is 13.3 Å². The summed E-state index contributed by atoms with van der Waals surface area (Å²) in [6.07, 6.45) is 2.58. The molecule has 4 rings (SSSR count). The van der Waals surface area contributed by atoms with Crippen LogP contribution in [-0.2, 0) is 4.74 Å². The first-order chi connectivity index (χ1) is 14.2. The third-order valence-electron chi connectivity index (χ3n) is 5.21.